The van der Waals surface area contributed by atoms with Crippen molar-refractivity contribution < 1.29 is 4.79 Å². The second-order valence-corrected chi connectivity index (χ2v) is 6.70. The average Bonchev–Trinajstić information content (AvgIpc) is 2.33. The number of benzene rings is 1. The summed E-state index contributed by atoms with van der Waals surface area (Å²) in [4.78, 5) is 14.0. The van der Waals surface area contributed by atoms with E-state index in [9.17, 15) is 4.79 Å². The van der Waals surface area contributed by atoms with Gasteiger partial charge in [0.1, 0.15) is 0 Å². The lowest BCUT2D eigenvalue weighted by atomic mass is 9.94. The van der Waals surface area contributed by atoms with Gasteiger partial charge in [-0.1, -0.05) is 6.92 Å². The first-order valence-electron chi connectivity index (χ1n) is 6.49. The third-order valence-corrected chi connectivity index (χ3v) is 4.96. The van der Waals surface area contributed by atoms with E-state index >= 15 is 0 Å². The van der Waals surface area contributed by atoms with E-state index < -0.39 is 0 Å². The summed E-state index contributed by atoms with van der Waals surface area (Å²) in [6.45, 7) is 2.18. The van der Waals surface area contributed by atoms with E-state index in [2.05, 4.69) is 24.4 Å². The second kappa shape index (κ2) is 7.10. The molecule has 18 heavy (non-hydrogen) atoms. The van der Waals surface area contributed by atoms with Gasteiger partial charge in [0.2, 0.25) is 0 Å². The zero-order valence-corrected chi connectivity index (χ0v) is 12.3. The molecule has 0 aliphatic heterocycles. The van der Waals surface area contributed by atoms with Gasteiger partial charge in [-0.3, -0.25) is 4.79 Å². The van der Waals surface area contributed by atoms with Crippen LogP contribution < -0.4 is 5.32 Å². The van der Waals surface area contributed by atoms with Crippen molar-refractivity contribution in [1.29, 1.82) is 0 Å². The molecule has 1 amide bonds. The quantitative estimate of drug-likeness (QED) is 0.803. The Kier molecular flexibility index (Phi) is 5.45. The third-order valence-electron chi connectivity index (χ3n) is 2.93. The second-order valence-electron chi connectivity index (χ2n) is 4.48. The molecule has 1 fully saturated rings. The summed E-state index contributed by atoms with van der Waals surface area (Å²) in [6.07, 6.45) is 4.71. The van der Waals surface area contributed by atoms with E-state index in [1.165, 1.54) is 29.5 Å². The van der Waals surface area contributed by atoms with Crippen molar-refractivity contribution >= 4 is 28.8 Å². The lowest BCUT2D eigenvalue weighted by Gasteiger charge is -2.25. The number of nitrogens with one attached hydrogen (secondary N) is 1. The Morgan fingerprint density at radius 3 is 2.50 bits per heavy atom. The lowest BCUT2D eigenvalue weighted by Crippen LogP contribution is -2.37. The first kappa shape index (κ1) is 13.8. The molecule has 0 radical (unpaired) electrons. The highest BCUT2D eigenvalue weighted by atomic mass is 32.2. The summed E-state index contributed by atoms with van der Waals surface area (Å²) in [5.74, 6) is 1.15. The largest absolute Gasteiger partial charge is 0.344 e. The first-order valence-corrected chi connectivity index (χ1v) is 8.29. The van der Waals surface area contributed by atoms with Crippen LogP contribution in [0.15, 0.2) is 34.1 Å². The summed E-state index contributed by atoms with van der Waals surface area (Å²) in [5.41, 5.74) is 0. The van der Waals surface area contributed by atoms with Crippen LogP contribution in [-0.2, 0) is 0 Å². The Morgan fingerprint density at radius 2 is 1.94 bits per heavy atom. The number of carbonyl (C=O) groups excluding carboxylic acids is 1. The Bertz CT molecular complexity index is 387. The molecular formula is C14H19NOS2. The number of carbonyl (C=O) groups is 1. The topological polar surface area (TPSA) is 29.1 Å². The molecule has 0 heterocycles. The number of thioether (sulfide) groups is 2. The molecule has 0 bridgehead atoms. The van der Waals surface area contributed by atoms with Gasteiger partial charge >= 0.3 is 0 Å². The molecule has 4 heteroatoms. The van der Waals surface area contributed by atoms with Crippen molar-refractivity contribution in [3.63, 3.8) is 0 Å². The molecule has 1 aliphatic rings. The van der Waals surface area contributed by atoms with Crippen molar-refractivity contribution in [3.05, 3.63) is 24.3 Å². The van der Waals surface area contributed by atoms with Gasteiger partial charge in [0, 0.05) is 15.8 Å². The fraction of sp³-hybridized carbons (Fsp3) is 0.500. The summed E-state index contributed by atoms with van der Waals surface area (Å²) in [5, 5.41) is 3.11. The Balaban J connectivity index is 1.79. The molecule has 0 aromatic heterocycles. The molecule has 0 atom stereocenters. The van der Waals surface area contributed by atoms with E-state index in [0.29, 0.717) is 6.04 Å². The minimum absolute atomic E-state index is 0.0775. The van der Waals surface area contributed by atoms with Crippen LogP contribution in [0.25, 0.3) is 0 Å². The number of amides is 1. The zero-order valence-electron chi connectivity index (χ0n) is 10.6. The minimum atomic E-state index is 0.0775. The van der Waals surface area contributed by atoms with E-state index in [1.54, 1.807) is 0 Å². The van der Waals surface area contributed by atoms with Gasteiger partial charge in [0.05, 0.1) is 0 Å². The smallest absolute Gasteiger partial charge is 0.284 e. The van der Waals surface area contributed by atoms with Gasteiger partial charge in [-0.05, 0) is 67.5 Å². The molecule has 2 rings (SSSR count). The SMILES string of the molecule is CCCSc1ccc(SC(=O)NC2CCC2)cc1. The maximum Gasteiger partial charge on any atom is 0.284 e. The average molecular weight is 281 g/mol. The van der Waals surface area contributed by atoms with Gasteiger partial charge in [-0.15, -0.1) is 11.8 Å². The van der Waals surface area contributed by atoms with Crippen LogP contribution in [0.3, 0.4) is 0 Å². The van der Waals surface area contributed by atoms with Crippen LogP contribution in [0.2, 0.25) is 0 Å². The number of hydrogen-bond donors (Lipinski definition) is 1. The molecule has 1 aromatic rings. The van der Waals surface area contributed by atoms with Crippen molar-refractivity contribution in [2.24, 2.45) is 0 Å². The molecule has 1 saturated carbocycles. The normalized spacial score (nSPS) is 15.2. The van der Waals surface area contributed by atoms with E-state index in [-0.39, 0.29) is 5.24 Å². The van der Waals surface area contributed by atoms with Crippen LogP contribution in [0.1, 0.15) is 32.6 Å². The van der Waals surface area contributed by atoms with Gasteiger partial charge in [0.25, 0.3) is 5.24 Å². The highest BCUT2D eigenvalue weighted by molar-refractivity contribution is 8.13. The van der Waals surface area contributed by atoms with Crippen molar-refractivity contribution in [1.82, 2.24) is 5.32 Å². The standard InChI is InChI=1S/C14H19NOS2/c1-2-10-17-12-6-8-13(9-7-12)18-14(16)15-11-4-3-5-11/h6-9,11H,2-5,10H2,1H3,(H,15,16). The van der Waals surface area contributed by atoms with Crippen LogP contribution >= 0.6 is 23.5 Å². The molecule has 0 saturated heterocycles. The number of rotatable bonds is 5. The van der Waals surface area contributed by atoms with Gasteiger partial charge in [-0.2, -0.15) is 0 Å². The zero-order chi connectivity index (χ0) is 12.8. The van der Waals surface area contributed by atoms with Crippen LogP contribution in [-0.4, -0.2) is 17.0 Å². The van der Waals surface area contributed by atoms with Crippen molar-refractivity contribution in [2.45, 2.75) is 48.4 Å². The van der Waals surface area contributed by atoms with Gasteiger partial charge < -0.3 is 5.32 Å². The third kappa shape index (κ3) is 4.25. The Hall–Kier alpha value is -0.610. The van der Waals surface area contributed by atoms with E-state index in [1.807, 2.05) is 23.9 Å². The molecular weight excluding hydrogens is 262 g/mol. The molecule has 98 valence electrons. The molecule has 1 N–H and O–H groups in total. The molecule has 1 aromatic carbocycles. The Morgan fingerprint density at radius 1 is 1.28 bits per heavy atom. The summed E-state index contributed by atoms with van der Waals surface area (Å²) < 4.78 is 0. The molecule has 1 aliphatic carbocycles. The maximum absolute atomic E-state index is 11.7. The van der Waals surface area contributed by atoms with Gasteiger partial charge in [0.15, 0.2) is 0 Å². The lowest BCUT2D eigenvalue weighted by molar-refractivity contribution is 0.249. The maximum atomic E-state index is 11.7. The summed E-state index contributed by atoms with van der Waals surface area (Å²) >= 11 is 3.16. The monoisotopic (exact) mass is 281 g/mol. The fourth-order valence-electron chi connectivity index (χ4n) is 1.68. The van der Waals surface area contributed by atoms with E-state index in [0.717, 1.165) is 23.5 Å². The number of hydrogen-bond acceptors (Lipinski definition) is 3. The van der Waals surface area contributed by atoms with E-state index in [4.69, 9.17) is 0 Å². The summed E-state index contributed by atoms with van der Waals surface area (Å²) in [6, 6.07) is 8.68. The van der Waals surface area contributed by atoms with Gasteiger partial charge in [-0.25, -0.2) is 0 Å². The van der Waals surface area contributed by atoms with Crippen LogP contribution in [0.4, 0.5) is 4.79 Å². The van der Waals surface area contributed by atoms with Crippen molar-refractivity contribution in [3.8, 4) is 0 Å². The minimum Gasteiger partial charge on any atom is -0.344 e. The highest BCUT2D eigenvalue weighted by Gasteiger charge is 2.19. The van der Waals surface area contributed by atoms with Crippen molar-refractivity contribution in [2.75, 3.05) is 5.75 Å². The predicted octanol–water partition coefficient (Wildman–Crippen LogP) is 4.54. The van der Waals surface area contributed by atoms with Crippen LogP contribution in [0, 0.1) is 0 Å². The van der Waals surface area contributed by atoms with Crippen LogP contribution in [0.5, 0.6) is 0 Å². The first-order chi connectivity index (χ1) is 8.78. The summed E-state index contributed by atoms with van der Waals surface area (Å²) in [7, 11) is 0. The Labute approximate surface area is 117 Å². The molecule has 0 unspecified atom stereocenters. The highest BCUT2D eigenvalue weighted by Crippen LogP contribution is 2.25. The predicted molar refractivity (Wildman–Crippen MR) is 79.5 cm³/mol. The molecule has 0 spiro atoms. The molecule has 2 nitrogen and oxygen atoms in total. The fourth-order valence-corrected chi connectivity index (χ4v) is 3.16.